The molecule has 2 heteroatoms. The van der Waals surface area contributed by atoms with E-state index in [0.717, 1.165) is 0 Å². The van der Waals surface area contributed by atoms with Crippen LogP contribution in [-0.2, 0) is 7.05 Å². The number of benzene rings is 1. The number of pyridine rings is 1. The Kier molecular flexibility index (Phi) is 5.05. The Morgan fingerprint density at radius 2 is 1.71 bits per heavy atom. The standard InChI is InChI=1S/C11H12N.CH4.HI/c1-9-7-8-12(2)11-6-4-3-5-10(9)11;;/h3-8H,1-2H3;1H4;1H/q+1;;/p-1. The van der Waals surface area contributed by atoms with Gasteiger partial charge in [0.05, 0.1) is 0 Å². The molecule has 76 valence electrons. The first-order valence-electron chi connectivity index (χ1n) is 4.13. The van der Waals surface area contributed by atoms with Gasteiger partial charge in [0.2, 0.25) is 5.52 Å². The fraction of sp³-hybridized carbons (Fsp3) is 0.250. The normalized spacial score (nSPS) is 9.00. The average Bonchev–Trinajstić information content (AvgIpc) is 2.12. The first kappa shape index (κ1) is 13.4. The first-order valence-corrected chi connectivity index (χ1v) is 4.13. The molecule has 2 rings (SSSR count). The van der Waals surface area contributed by atoms with E-state index in [4.69, 9.17) is 0 Å². The second-order valence-electron chi connectivity index (χ2n) is 3.13. The van der Waals surface area contributed by atoms with Crippen molar-refractivity contribution >= 4 is 10.9 Å². The molecule has 0 saturated carbocycles. The summed E-state index contributed by atoms with van der Waals surface area (Å²) >= 11 is 0. The number of aryl methyl sites for hydroxylation is 2. The molecular formula is C12H16IN. The fourth-order valence-corrected chi connectivity index (χ4v) is 1.51. The Bertz CT molecular complexity index is 383. The number of nitrogens with zero attached hydrogens (tertiary/aromatic N) is 1. The number of fused-ring (bicyclic) bond motifs is 1. The Morgan fingerprint density at radius 3 is 2.36 bits per heavy atom. The summed E-state index contributed by atoms with van der Waals surface area (Å²) in [5.41, 5.74) is 2.63. The summed E-state index contributed by atoms with van der Waals surface area (Å²) in [5.74, 6) is 0. The third-order valence-corrected chi connectivity index (χ3v) is 2.26. The van der Waals surface area contributed by atoms with Crippen molar-refractivity contribution in [3.8, 4) is 0 Å². The minimum absolute atomic E-state index is 0. The smallest absolute Gasteiger partial charge is 0.212 e. The summed E-state index contributed by atoms with van der Waals surface area (Å²) in [7, 11) is 2.07. The molecule has 0 unspecified atom stereocenters. The van der Waals surface area contributed by atoms with Gasteiger partial charge in [0, 0.05) is 17.5 Å². The van der Waals surface area contributed by atoms with E-state index >= 15 is 0 Å². The van der Waals surface area contributed by atoms with Crippen molar-refractivity contribution in [1.82, 2.24) is 0 Å². The lowest BCUT2D eigenvalue weighted by Gasteiger charge is -1.98. The molecule has 1 aromatic carbocycles. The van der Waals surface area contributed by atoms with E-state index in [-0.39, 0.29) is 31.4 Å². The molecule has 0 aliphatic rings. The van der Waals surface area contributed by atoms with E-state index in [0.29, 0.717) is 0 Å². The molecule has 14 heavy (non-hydrogen) atoms. The summed E-state index contributed by atoms with van der Waals surface area (Å²) in [5, 5.41) is 1.34. The average molecular weight is 301 g/mol. The van der Waals surface area contributed by atoms with Gasteiger partial charge in [-0.3, -0.25) is 0 Å². The molecule has 0 fully saturated rings. The summed E-state index contributed by atoms with van der Waals surface area (Å²) < 4.78 is 2.14. The van der Waals surface area contributed by atoms with Crippen molar-refractivity contribution in [1.29, 1.82) is 0 Å². The Hall–Kier alpha value is -0.640. The lowest BCUT2D eigenvalue weighted by Crippen LogP contribution is -3.00. The van der Waals surface area contributed by atoms with Crippen molar-refractivity contribution in [3.05, 3.63) is 42.1 Å². The van der Waals surface area contributed by atoms with Crippen LogP contribution < -0.4 is 28.5 Å². The van der Waals surface area contributed by atoms with Crippen molar-refractivity contribution in [2.24, 2.45) is 7.05 Å². The largest absolute Gasteiger partial charge is 1.00 e. The van der Waals surface area contributed by atoms with Gasteiger partial charge >= 0.3 is 0 Å². The van der Waals surface area contributed by atoms with E-state index in [2.05, 4.69) is 55.1 Å². The highest BCUT2D eigenvalue weighted by atomic mass is 127. The highest BCUT2D eigenvalue weighted by molar-refractivity contribution is 5.78. The quantitative estimate of drug-likeness (QED) is 0.461. The van der Waals surface area contributed by atoms with Gasteiger partial charge in [-0.2, -0.15) is 0 Å². The molecule has 1 nitrogen and oxygen atoms in total. The Balaban J connectivity index is 0.000000845. The molecule has 0 aliphatic heterocycles. The van der Waals surface area contributed by atoms with E-state index in [1.165, 1.54) is 16.5 Å². The molecule has 0 aliphatic carbocycles. The van der Waals surface area contributed by atoms with Crippen molar-refractivity contribution in [2.45, 2.75) is 14.4 Å². The summed E-state index contributed by atoms with van der Waals surface area (Å²) in [4.78, 5) is 0. The molecule has 0 amide bonds. The fourth-order valence-electron chi connectivity index (χ4n) is 1.51. The number of hydrogen-bond donors (Lipinski definition) is 0. The number of rotatable bonds is 0. The molecule has 1 aromatic heterocycles. The molecule has 0 spiro atoms. The number of halogens is 1. The van der Waals surface area contributed by atoms with Crippen LogP contribution in [0.5, 0.6) is 0 Å². The highest BCUT2D eigenvalue weighted by Gasteiger charge is 2.04. The van der Waals surface area contributed by atoms with Gasteiger partial charge in [0.1, 0.15) is 7.05 Å². The van der Waals surface area contributed by atoms with Crippen LogP contribution in [0.2, 0.25) is 0 Å². The van der Waals surface area contributed by atoms with Crippen molar-refractivity contribution in [2.75, 3.05) is 0 Å². The Labute approximate surface area is 103 Å². The SMILES string of the molecule is C.Cc1cc[n+](C)c2ccccc12.[I-]. The lowest BCUT2D eigenvalue weighted by atomic mass is 10.1. The van der Waals surface area contributed by atoms with E-state index in [1.54, 1.807) is 0 Å². The second kappa shape index (κ2) is 5.29. The van der Waals surface area contributed by atoms with Gasteiger partial charge in [-0.25, -0.2) is 4.57 Å². The van der Waals surface area contributed by atoms with Gasteiger partial charge in [-0.05, 0) is 18.6 Å². The van der Waals surface area contributed by atoms with Gasteiger partial charge in [-0.1, -0.05) is 19.6 Å². The van der Waals surface area contributed by atoms with Crippen molar-refractivity contribution < 1.29 is 28.5 Å². The predicted octanol–water partition coefficient (Wildman–Crippen LogP) is -0.387. The molecule has 0 atom stereocenters. The zero-order chi connectivity index (χ0) is 8.55. The van der Waals surface area contributed by atoms with Crippen LogP contribution in [0.4, 0.5) is 0 Å². The zero-order valence-corrected chi connectivity index (χ0v) is 9.95. The maximum Gasteiger partial charge on any atom is 0.212 e. The maximum atomic E-state index is 2.16. The third kappa shape index (κ3) is 2.23. The van der Waals surface area contributed by atoms with Crippen LogP contribution in [-0.4, -0.2) is 0 Å². The Morgan fingerprint density at radius 1 is 1.07 bits per heavy atom. The van der Waals surface area contributed by atoms with E-state index in [1.807, 2.05) is 0 Å². The van der Waals surface area contributed by atoms with E-state index in [9.17, 15) is 0 Å². The number of aromatic nitrogens is 1. The zero-order valence-electron chi connectivity index (χ0n) is 7.79. The van der Waals surface area contributed by atoms with Gasteiger partial charge in [-0.15, -0.1) is 0 Å². The van der Waals surface area contributed by atoms with Gasteiger partial charge in [0.25, 0.3) is 0 Å². The molecular weight excluding hydrogens is 285 g/mol. The van der Waals surface area contributed by atoms with Crippen LogP contribution in [0.15, 0.2) is 36.5 Å². The molecule has 1 heterocycles. The molecule has 0 saturated heterocycles. The predicted molar refractivity (Wildman–Crippen MR) is 56.6 cm³/mol. The maximum absolute atomic E-state index is 2.16. The number of hydrogen-bond acceptors (Lipinski definition) is 0. The molecule has 0 N–H and O–H groups in total. The van der Waals surface area contributed by atoms with Gasteiger partial charge < -0.3 is 24.0 Å². The third-order valence-electron chi connectivity index (χ3n) is 2.26. The topological polar surface area (TPSA) is 3.88 Å². The summed E-state index contributed by atoms with van der Waals surface area (Å²) in [6.45, 7) is 2.14. The van der Waals surface area contributed by atoms with Crippen LogP contribution in [0, 0.1) is 6.92 Å². The van der Waals surface area contributed by atoms with Crippen LogP contribution >= 0.6 is 0 Å². The van der Waals surface area contributed by atoms with Crippen LogP contribution in [0.25, 0.3) is 10.9 Å². The number of para-hydroxylation sites is 1. The minimum atomic E-state index is 0. The molecule has 2 aromatic rings. The first-order chi connectivity index (χ1) is 5.79. The monoisotopic (exact) mass is 301 g/mol. The van der Waals surface area contributed by atoms with Crippen LogP contribution in [0.3, 0.4) is 0 Å². The molecule has 0 bridgehead atoms. The second-order valence-corrected chi connectivity index (χ2v) is 3.13. The summed E-state index contributed by atoms with van der Waals surface area (Å²) in [6.07, 6.45) is 2.09. The minimum Gasteiger partial charge on any atom is -1.00 e. The highest BCUT2D eigenvalue weighted by Crippen LogP contribution is 2.12. The van der Waals surface area contributed by atoms with Crippen molar-refractivity contribution in [3.63, 3.8) is 0 Å². The molecule has 0 radical (unpaired) electrons. The van der Waals surface area contributed by atoms with E-state index < -0.39 is 0 Å². The van der Waals surface area contributed by atoms with Gasteiger partial charge in [0.15, 0.2) is 6.20 Å². The van der Waals surface area contributed by atoms with Crippen LogP contribution in [0.1, 0.15) is 13.0 Å². The lowest BCUT2D eigenvalue weighted by molar-refractivity contribution is -0.644. The summed E-state index contributed by atoms with van der Waals surface area (Å²) in [6, 6.07) is 10.6.